The van der Waals surface area contributed by atoms with Crippen molar-refractivity contribution in [2.45, 2.75) is 118 Å². The van der Waals surface area contributed by atoms with Crippen molar-refractivity contribution in [2.24, 2.45) is 34.5 Å². The van der Waals surface area contributed by atoms with Gasteiger partial charge in [-0.3, -0.25) is 0 Å². The molecule has 1 nitrogen and oxygen atoms in total. The van der Waals surface area contributed by atoms with Crippen molar-refractivity contribution in [3.05, 3.63) is 22.8 Å². The molecule has 0 aromatic carbocycles. The molecule has 0 saturated heterocycles. The zero-order chi connectivity index (χ0) is 20.8. The van der Waals surface area contributed by atoms with Crippen LogP contribution in [0.25, 0.3) is 0 Å². The fourth-order valence-electron chi connectivity index (χ4n) is 8.35. The van der Waals surface area contributed by atoms with Crippen LogP contribution in [-0.2, 0) is 0 Å². The molecule has 4 aliphatic carbocycles. The fourth-order valence-corrected chi connectivity index (χ4v) is 8.35. The summed E-state index contributed by atoms with van der Waals surface area (Å²) in [6.45, 7) is 12.3. The van der Waals surface area contributed by atoms with Crippen LogP contribution in [0.5, 0.6) is 0 Å². The molecule has 0 aromatic heterocycles. The van der Waals surface area contributed by atoms with E-state index in [1.165, 1.54) is 64.2 Å². The van der Waals surface area contributed by atoms with E-state index in [1.807, 2.05) is 11.1 Å². The smallest absolute Gasteiger partial charge is 0.0543 e. The van der Waals surface area contributed by atoms with Crippen molar-refractivity contribution in [1.29, 1.82) is 0 Å². The Morgan fingerprint density at radius 1 is 1.14 bits per heavy atom. The van der Waals surface area contributed by atoms with Gasteiger partial charge in [0.15, 0.2) is 0 Å². The number of aliphatic hydroxyl groups excluding tert-OH is 1. The van der Waals surface area contributed by atoms with Crippen LogP contribution in [0.3, 0.4) is 0 Å². The molecule has 0 heterocycles. The molecule has 0 aromatic rings. The molecule has 0 radical (unpaired) electrons. The Kier molecular flexibility index (Phi) is 6.11. The Morgan fingerprint density at radius 2 is 1.93 bits per heavy atom. The lowest BCUT2D eigenvalue weighted by molar-refractivity contribution is 0.0133. The molecule has 4 rings (SSSR count). The first kappa shape index (κ1) is 21.7. The van der Waals surface area contributed by atoms with Gasteiger partial charge in [0.1, 0.15) is 0 Å². The molecule has 2 saturated carbocycles. The topological polar surface area (TPSA) is 20.2 Å². The van der Waals surface area contributed by atoms with Crippen molar-refractivity contribution < 1.29 is 5.11 Å². The van der Waals surface area contributed by atoms with Crippen LogP contribution in [0.15, 0.2) is 22.8 Å². The van der Waals surface area contributed by atoms with Crippen LogP contribution < -0.4 is 0 Å². The van der Waals surface area contributed by atoms with Gasteiger partial charge < -0.3 is 5.11 Å². The van der Waals surface area contributed by atoms with Gasteiger partial charge in [0.05, 0.1) is 6.10 Å². The van der Waals surface area contributed by atoms with Gasteiger partial charge >= 0.3 is 0 Å². The van der Waals surface area contributed by atoms with E-state index in [0.717, 1.165) is 36.5 Å². The summed E-state index contributed by atoms with van der Waals surface area (Å²) >= 11 is 0. The normalized spacial score (nSPS) is 43.6. The first-order valence-corrected chi connectivity index (χ1v) is 12.9. The average Bonchev–Trinajstić information content (AvgIpc) is 3.05. The summed E-state index contributed by atoms with van der Waals surface area (Å²) in [5.41, 5.74) is 6.28. The average molecular weight is 399 g/mol. The summed E-state index contributed by atoms with van der Waals surface area (Å²) in [5, 5.41) is 10.2. The maximum Gasteiger partial charge on any atom is 0.0543 e. The number of aliphatic hydroxyl groups is 1. The lowest BCUT2D eigenvalue weighted by Gasteiger charge is -2.55. The van der Waals surface area contributed by atoms with E-state index in [9.17, 15) is 5.11 Å². The van der Waals surface area contributed by atoms with Crippen LogP contribution in [0.2, 0.25) is 0 Å². The van der Waals surface area contributed by atoms with E-state index in [2.05, 4.69) is 40.7 Å². The zero-order valence-electron chi connectivity index (χ0n) is 19.9. The van der Waals surface area contributed by atoms with Gasteiger partial charge in [0.25, 0.3) is 0 Å². The first-order valence-electron chi connectivity index (χ1n) is 12.9. The summed E-state index contributed by atoms with van der Waals surface area (Å²) < 4.78 is 0. The Balaban J connectivity index is 1.52. The molecule has 4 aliphatic rings. The Hall–Kier alpha value is -0.560. The number of hydrogen-bond donors (Lipinski definition) is 1. The third kappa shape index (κ3) is 3.68. The minimum absolute atomic E-state index is 0.0359. The third-order valence-electron chi connectivity index (χ3n) is 10.4. The zero-order valence-corrected chi connectivity index (χ0v) is 19.9. The quantitative estimate of drug-likeness (QED) is 0.468. The van der Waals surface area contributed by atoms with Crippen molar-refractivity contribution in [3.63, 3.8) is 0 Å². The Labute approximate surface area is 180 Å². The number of allylic oxidation sites excluding steroid dienone is 4. The van der Waals surface area contributed by atoms with E-state index in [-0.39, 0.29) is 6.10 Å². The van der Waals surface area contributed by atoms with Crippen LogP contribution in [0, 0.1) is 34.5 Å². The second kappa shape index (κ2) is 8.18. The van der Waals surface area contributed by atoms with Crippen molar-refractivity contribution in [1.82, 2.24) is 0 Å². The maximum atomic E-state index is 10.2. The van der Waals surface area contributed by atoms with E-state index >= 15 is 0 Å². The molecule has 29 heavy (non-hydrogen) atoms. The Morgan fingerprint density at radius 3 is 2.69 bits per heavy atom. The largest absolute Gasteiger partial charge is 0.393 e. The predicted octanol–water partition coefficient (Wildman–Crippen LogP) is 7.84. The standard InChI is InChI=1S/C28H46O/c1-6-19(2)8-7-9-20(3)24-12-13-25-23-11-10-21-18-22(29)14-16-27(21,4)26(23)15-17-28(24,25)5/h8,20-22,24-25,29H,6-7,9-18H2,1-5H3/t20-,21?,22?,24-,25+,27+,28-/m1/s1. The summed E-state index contributed by atoms with van der Waals surface area (Å²) in [6, 6.07) is 0. The monoisotopic (exact) mass is 398 g/mol. The predicted molar refractivity (Wildman–Crippen MR) is 124 cm³/mol. The first-order chi connectivity index (χ1) is 13.8. The van der Waals surface area contributed by atoms with Crippen molar-refractivity contribution >= 4 is 0 Å². The molecular weight excluding hydrogens is 352 g/mol. The summed E-state index contributed by atoms with van der Waals surface area (Å²) in [4.78, 5) is 0. The highest BCUT2D eigenvalue weighted by atomic mass is 16.3. The minimum Gasteiger partial charge on any atom is -0.393 e. The van der Waals surface area contributed by atoms with E-state index < -0.39 is 0 Å². The van der Waals surface area contributed by atoms with Gasteiger partial charge in [-0.1, -0.05) is 50.5 Å². The molecule has 2 fully saturated rings. The summed E-state index contributed by atoms with van der Waals surface area (Å²) in [5.74, 6) is 3.36. The minimum atomic E-state index is -0.0359. The van der Waals surface area contributed by atoms with E-state index in [4.69, 9.17) is 0 Å². The summed E-state index contributed by atoms with van der Waals surface area (Å²) in [6.07, 6.45) is 17.9. The molecule has 7 atom stereocenters. The lowest BCUT2D eigenvalue weighted by Crippen LogP contribution is -2.45. The van der Waals surface area contributed by atoms with Gasteiger partial charge in [-0.05, 0) is 118 Å². The summed E-state index contributed by atoms with van der Waals surface area (Å²) in [7, 11) is 0. The number of hydrogen-bond acceptors (Lipinski definition) is 1. The van der Waals surface area contributed by atoms with Crippen molar-refractivity contribution in [3.8, 4) is 0 Å². The van der Waals surface area contributed by atoms with Gasteiger partial charge in [-0.25, -0.2) is 0 Å². The van der Waals surface area contributed by atoms with E-state index in [0.29, 0.717) is 10.8 Å². The molecule has 0 amide bonds. The third-order valence-corrected chi connectivity index (χ3v) is 10.4. The lowest BCUT2D eigenvalue weighted by atomic mass is 9.50. The molecule has 1 heteroatoms. The molecule has 2 unspecified atom stereocenters. The van der Waals surface area contributed by atoms with Gasteiger partial charge in [0, 0.05) is 0 Å². The highest BCUT2D eigenvalue weighted by Crippen LogP contribution is 2.65. The molecule has 0 aliphatic heterocycles. The van der Waals surface area contributed by atoms with Gasteiger partial charge in [-0.2, -0.15) is 0 Å². The van der Waals surface area contributed by atoms with Crippen LogP contribution >= 0.6 is 0 Å². The SMILES string of the molecule is CCC(C)=CCC[C@@H](C)[C@H]1CC[C@H]2C3=C(CC[C@]12C)[C@@]1(C)CCC(O)CC1CC3. The Bertz CT molecular complexity index is 672. The van der Waals surface area contributed by atoms with Crippen LogP contribution in [-0.4, -0.2) is 11.2 Å². The maximum absolute atomic E-state index is 10.2. The fraction of sp³-hybridized carbons (Fsp3) is 0.857. The van der Waals surface area contributed by atoms with Crippen molar-refractivity contribution in [2.75, 3.05) is 0 Å². The molecule has 0 bridgehead atoms. The highest BCUT2D eigenvalue weighted by Gasteiger charge is 2.55. The molecule has 0 spiro atoms. The molecule has 1 N–H and O–H groups in total. The van der Waals surface area contributed by atoms with Gasteiger partial charge in [-0.15, -0.1) is 0 Å². The highest BCUT2D eigenvalue weighted by molar-refractivity contribution is 5.34. The van der Waals surface area contributed by atoms with Gasteiger partial charge in [0.2, 0.25) is 0 Å². The molecule has 164 valence electrons. The number of rotatable bonds is 5. The van der Waals surface area contributed by atoms with Crippen LogP contribution in [0.1, 0.15) is 112 Å². The van der Waals surface area contributed by atoms with E-state index in [1.54, 1.807) is 5.57 Å². The molecular formula is C28H46O. The number of fused-ring (bicyclic) bond motifs is 4. The second-order valence-electron chi connectivity index (χ2n) is 11.8. The van der Waals surface area contributed by atoms with Crippen LogP contribution in [0.4, 0.5) is 0 Å². The second-order valence-corrected chi connectivity index (χ2v) is 11.8.